The van der Waals surface area contributed by atoms with Crippen LogP contribution >= 0.6 is 11.8 Å². The predicted molar refractivity (Wildman–Crippen MR) is 74.0 cm³/mol. The first-order valence-corrected chi connectivity index (χ1v) is 7.11. The average molecular weight is 237 g/mol. The molecule has 0 amide bonds. The lowest BCUT2D eigenvalue weighted by Gasteiger charge is -2.13. The van der Waals surface area contributed by atoms with Gasteiger partial charge in [-0.15, -0.1) is 11.8 Å². The van der Waals surface area contributed by atoms with Crippen LogP contribution in [0.15, 0.2) is 29.2 Å². The maximum Gasteiger partial charge on any atom is 0.0216 e. The van der Waals surface area contributed by atoms with Gasteiger partial charge in [-0.1, -0.05) is 39.0 Å². The van der Waals surface area contributed by atoms with Gasteiger partial charge in [0, 0.05) is 16.7 Å². The van der Waals surface area contributed by atoms with E-state index in [4.69, 9.17) is 0 Å². The molecule has 2 heteroatoms. The number of hydrogen-bond acceptors (Lipinski definition) is 2. The van der Waals surface area contributed by atoms with Crippen molar-refractivity contribution in [1.29, 1.82) is 0 Å². The van der Waals surface area contributed by atoms with Gasteiger partial charge in [-0.3, -0.25) is 0 Å². The molecular weight excluding hydrogens is 214 g/mol. The second-order valence-electron chi connectivity index (χ2n) is 4.12. The molecule has 0 aliphatic rings. The van der Waals surface area contributed by atoms with Gasteiger partial charge in [0.25, 0.3) is 0 Å². The highest BCUT2D eigenvalue weighted by Gasteiger charge is 2.05. The maximum atomic E-state index is 3.47. The third-order valence-corrected chi connectivity index (χ3v) is 4.01. The first-order valence-electron chi connectivity index (χ1n) is 6.23. The molecule has 1 nitrogen and oxygen atoms in total. The van der Waals surface area contributed by atoms with E-state index in [9.17, 15) is 0 Å². The summed E-state index contributed by atoms with van der Waals surface area (Å²) >= 11 is 1.99. The second kappa shape index (κ2) is 7.75. The number of nitrogens with one attached hydrogen (secondary N) is 1. The summed E-state index contributed by atoms with van der Waals surface area (Å²) in [5.74, 6) is 0. The van der Waals surface area contributed by atoms with Crippen molar-refractivity contribution in [3.8, 4) is 0 Å². The van der Waals surface area contributed by atoms with Crippen molar-refractivity contribution >= 4 is 11.8 Å². The lowest BCUT2D eigenvalue weighted by atomic mass is 10.2. The molecule has 0 heterocycles. The zero-order valence-corrected chi connectivity index (χ0v) is 11.4. The van der Waals surface area contributed by atoms with E-state index in [1.165, 1.54) is 23.3 Å². The standard InChI is InChI=1S/C14H23NS/c1-4-10-15-11-13-8-6-7-9-14(13)16-12(3)5-2/h6-9,12,15H,4-5,10-11H2,1-3H3. The van der Waals surface area contributed by atoms with E-state index in [2.05, 4.69) is 50.4 Å². The third-order valence-electron chi connectivity index (χ3n) is 2.62. The summed E-state index contributed by atoms with van der Waals surface area (Å²) in [6.45, 7) is 8.83. The van der Waals surface area contributed by atoms with E-state index in [1.54, 1.807) is 0 Å². The summed E-state index contributed by atoms with van der Waals surface area (Å²) in [5, 5.41) is 4.17. The Morgan fingerprint density at radius 3 is 2.69 bits per heavy atom. The summed E-state index contributed by atoms with van der Waals surface area (Å²) in [7, 11) is 0. The van der Waals surface area contributed by atoms with Gasteiger partial charge < -0.3 is 5.32 Å². The van der Waals surface area contributed by atoms with Crippen LogP contribution in [-0.2, 0) is 6.54 Å². The highest BCUT2D eigenvalue weighted by atomic mass is 32.2. The molecule has 0 fully saturated rings. The van der Waals surface area contributed by atoms with Crippen molar-refractivity contribution in [2.75, 3.05) is 6.54 Å². The quantitative estimate of drug-likeness (QED) is 0.566. The van der Waals surface area contributed by atoms with Crippen LogP contribution in [0.3, 0.4) is 0 Å². The zero-order valence-electron chi connectivity index (χ0n) is 10.6. The van der Waals surface area contributed by atoms with Gasteiger partial charge in [-0.2, -0.15) is 0 Å². The molecule has 1 N–H and O–H groups in total. The predicted octanol–water partition coefficient (Wildman–Crippen LogP) is 4.08. The van der Waals surface area contributed by atoms with Crippen LogP contribution in [-0.4, -0.2) is 11.8 Å². The minimum Gasteiger partial charge on any atom is -0.313 e. The Balaban J connectivity index is 2.60. The van der Waals surface area contributed by atoms with Crippen LogP contribution in [0.2, 0.25) is 0 Å². The highest BCUT2D eigenvalue weighted by Crippen LogP contribution is 2.28. The molecule has 0 aliphatic heterocycles. The van der Waals surface area contributed by atoms with E-state index >= 15 is 0 Å². The topological polar surface area (TPSA) is 12.0 Å². The van der Waals surface area contributed by atoms with Crippen molar-refractivity contribution in [1.82, 2.24) is 5.32 Å². The van der Waals surface area contributed by atoms with Gasteiger partial charge in [0.2, 0.25) is 0 Å². The normalized spacial score (nSPS) is 12.7. The van der Waals surface area contributed by atoms with E-state index in [-0.39, 0.29) is 0 Å². The number of benzene rings is 1. The van der Waals surface area contributed by atoms with E-state index in [1.807, 2.05) is 11.8 Å². The molecule has 0 radical (unpaired) electrons. The molecule has 0 spiro atoms. The minimum atomic E-state index is 0.701. The number of thioether (sulfide) groups is 1. The van der Waals surface area contributed by atoms with Crippen LogP contribution < -0.4 is 5.32 Å². The van der Waals surface area contributed by atoms with Crippen LogP contribution in [0.25, 0.3) is 0 Å². The maximum absolute atomic E-state index is 3.47. The van der Waals surface area contributed by atoms with E-state index < -0.39 is 0 Å². The first kappa shape index (κ1) is 13.6. The van der Waals surface area contributed by atoms with Crippen LogP contribution in [0.1, 0.15) is 39.2 Å². The molecular formula is C14H23NS. The highest BCUT2D eigenvalue weighted by molar-refractivity contribution is 8.00. The first-order chi connectivity index (χ1) is 7.77. The third kappa shape index (κ3) is 4.58. The molecule has 0 aromatic heterocycles. The smallest absolute Gasteiger partial charge is 0.0216 e. The van der Waals surface area contributed by atoms with Crippen molar-refractivity contribution in [3.63, 3.8) is 0 Å². The molecule has 1 rings (SSSR count). The van der Waals surface area contributed by atoms with Crippen molar-refractivity contribution in [3.05, 3.63) is 29.8 Å². The molecule has 16 heavy (non-hydrogen) atoms. The number of hydrogen-bond donors (Lipinski definition) is 1. The fourth-order valence-corrected chi connectivity index (χ4v) is 2.51. The van der Waals surface area contributed by atoms with Crippen LogP contribution in [0, 0.1) is 0 Å². The number of rotatable bonds is 7. The average Bonchev–Trinajstić information content (AvgIpc) is 2.31. The van der Waals surface area contributed by atoms with E-state index in [0.29, 0.717) is 5.25 Å². The van der Waals surface area contributed by atoms with Crippen LogP contribution in [0.5, 0.6) is 0 Å². The molecule has 1 atom stereocenters. The van der Waals surface area contributed by atoms with Gasteiger partial charge in [0.15, 0.2) is 0 Å². The Hall–Kier alpha value is -0.470. The van der Waals surface area contributed by atoms with Gasteiger partial charge in [-0.05, 0) is 31.0 Å². The summed E-state index contributed by atoms with van der Waals surface area (Å²) in [6.07, 6.45) is 2.42. The van der Waals surface area contributed by atoms with Crippen LogP contribution in [0.4, 0.5) is 0 Å². The summed E-state index contributed by atoms with van der Waals surface area (Å²) in [4.78, 5) is 1.43. The molecule has 0 saturated heterocycles. The fourth-order valence-electron chi connectivity index (χ4n) is 1.46. The molecule has 0 aliphatic carbocycles. The summed E-state index contributed by atoms with van der Waals surface area (Å²) in [5.41, 5.74) is 1.43. The Labute approximate surface area is 104 Å². The molecule has 90 valence electrons. The monoisotopic (exact) mass is 237 g/mol. The SMILES string of the molecule is CCCNCc1ccccc1SC(C)CC. The Morgan fingerprint density at radius 1 is 1.25 bits per heavy atom. The Kier molecular flexibility index (Phi) is 6.58. The molecule has 1 aromatic carbocycles. The van der Waals surface area contributed by atoms with Gasteiger partial charge in [-0.25, -0.2) is 0 Å². The van der Waals surface area contributed by atoms with Crippen molar-refractivity contribution in [2.24, 2.45) is 0 Å². The lowest BCUT2D eigenvalue weighted by Crippen LogP contribution is -2.14. The Bertz CT molecular complexity index is 299. The molecule has 0 saturated carbocycles. The van der Waals surface area contributed by atoms with Crippen molar-refractivity contribution in [2.45, 2.75) is 50.3 Å². The van der Waals surface area contributed by atoms with Crippen molar-refractivity contribution < 1.29 is 0 Å². The van der Waals surface area contributed by atoms with Gasteiger partial charge in [0.05, 0.1) is 0 Å². The van der Waals surface area contributed by atoms with E-state index in [0.717, 1.165) is 13.1 Å². The fraction of sp³-hybridized carbons (Fsp3) is 0.571. The zero-order chi connectivity index (χ0) is 11.8. The van der Waals surface area contributed by atoms with Gasteiger partial charge in [0.1, 0.15) is 0 Å². The molecule has 1 unspecified atom stereocenters. The Morgan fingerprint density at radius 2 is 2.00 bits per heavy atom. The molecule has 0 bridgehead atoms. The minimum absolute atomic E-state index is 0.701. The second-order valence-corrected chi connectivity index (χ2v) is 5.60. The lowest BCUT2D eigenvalue weighted by molar-refractivity contribution is 0.669. The summed E-state index contributed by atoms with van der Waals surface area (Å²) < 4.78 is 0. The van der Waals surface area contributed by atoms with Gasteiger partial charge >= 0.3 is 0 Å². The summed E-state index contributed by atoms with van der Waals surface area (Å²) in [6, 6.07) is 8.73. The molecule has 1 aromatic rings. The largest absolute Gasteiger partial charge is 0.313 e.